The van der Waals surface area contributed by atoms with Crippen molar-refractivity contribution in [3.8, 4) is 0 Å². The third-order valence-electron chi connectivity index (χ3n) is 1.91. The predicted octanol–water partition coefficient (Wildman–Crippen LogP) is 2.33. The second kappa shape index (κ2) is 3.76. The van der Waals surface area contributed by atoms with Gasteiger partial charge in [-0.25, -0.2) is 4.39 Å². The largest absolute Gasteiger partial charge is 0.410 e. The van der Waals surface area contributed by atoms with Crippen LogP contribution in [0.4, 0.5) is 4.39 Å². The number of esters is 1. The lowest BCUT2D eigenvalue weighted by Gasteiger charge is -2.18. The summed E-state index contributed by atoms with van der Waals surface area (Å²) in [5.41, 5.74) is 0.383. The molecular weight excluding hydrogens is 215 g/mol. The fourth-order valence-corrected chi connectivity index (χ4v) is 1.26. The lowest BCUT2D eigenvalue weighted by molar-refractivity contribution is -0.156. The van der Waals surface area contributed by atoms with Crippen molar-refractivity contribution in [2.24, 2.45) is 20.7 Å². The van der Waals surface area contributed by atoms with Crippen molar-refractivity contribution in [1.82, 2.24) is 0 Å². The minimum Gasteiger partial charge on any atom is -0.410 e. The van der Waals surface area contributed by atoms with Gasteiger partial charge in [-0.2, -0.15) is 0 Å². The van der Waals surface area contributed by atoms with Crippen LogP contribution in [0.5, 0.6) is 0 Å². The number of rotatable bonds is 2. The number of halogens is 1. The molecule has 16 heavy (non-hydrogen) atoms. The number of hydrogen-bond donors (Lipinski definition) is 0. The van der Waals surface area contributed by atoms with Gasteiger partial charge in [0.15, 0.2) is 0 Å². The van der Waals surface area contributed by atoms with Crippen molar-refractivity contribution in [3.05, 3.63) is 35.6 Å². The van der Waals surface area contributed by atoms with Gasteiger partial charge < -0.3 is 4.74 Å². The molecule has 0 aliphatic carbocycles. The quantitative estimate of drug-likeness (QED) is 0.720. The normalized spacial score (nSPS) is 16.4. The Balaban J connectivity index is 2.40. The van der Waals surface area contributed by atoms with Crippen molar-refractivity contribution in [3.63, 3.8) is 0 Å². The molecule has 82 valence electrons. The molecule has 0 bridgehead atoms. The van der Waals surface area contributed by atoms with Gasteiger partial charge in [0, 0.05) is 12.5 Å². The summed E-state index contributed by atoms with van der Waals surface area (Å²) in [7, 11) is 0. The highest BCUT2D eigenvalue weighted by atomic mass is 19.1. The highest BCUT2D eigenvalue weighted by Gasteiger charge is 2.39. The van der Waals surface area contributed by atoms with Crippen molar-refractivity contribution in [2.75, 3.05) is 0 Å². The van der Waals surface area contributed by atoms with E-state index in [1.54, 1.807) is 0 Å². The molecule has 2 rings (SSSR count). The molecule has 0 radical (unpaired) electrons. The van der Waals surface area contributed by atoms with E-state index in [2.05, 4.69) is 20.7 Å². The van der Waals surface area contributed by atoms with Crippen LogP contribution in [0.2, 0.25) is 0 Å². The van der Waals surface area contributed by atoms with Crippen LogP contribution in [-0.2, 0) is 15.4 Å². The van der Waals surface area contributed by atoms with Crippen LogP contribution < -0.4 is 0 Å². The maximum Gasteiger partial charge on any atom is 0.367 e. The Bertz CT molecular complexity index is 457. The maximum atomic E-state index is 12.7. The molecule has 6 nitrogen and oxygen atoms in total. The van der Waals surface area contributed by atoms with Gasteiger partial charge in [-0.1, -0.05) is 10.2 Å². The molecule has 1 aromatic carbocycles. The van der Waals surface area contributed by atoms with Gasteiger partial charge in [0.25, 0.3) is 0 Å². The molecule has 1 aliphatic heterocycles. The van der Waals surface area contributed by atoms with Crippen LogP contribution in [0.1, 0.15) is 12.5 Å². The first kappa shape index (κ1) is 10.3. The minimum atomic E-state index is -1.60. The molecule has 7 heteroatoms. The molecule has 1 aliphatic rings. The van der Waals surface area contributed by atoms with Crippen molar-refractivity contribution in [2.45, 2.75) is 12.8 Å². The first-order valence-corrected chi connectivity index (χ1v) is 4.42. The Morgan fingerprint density at radius 1 is 1.25 bits per heavy atom. The fraction of sp³-hybridized carbons (Fsp3) is 0.222. The number of benzene rings is 1. The second-order valence-electron chi connectivity index (χ2n) is 3.09. The minimum absolute atomic E-state index is 0.383. The van der Waals surface area contributed by atoms with Crippen LogP contribution in [0.15, 0.2) is 44.9 Å². The summed E-state index contributed by atoms with van der Waals surface area (Å²) in [6.07, 6.45) is 0. The second-order valence-corrected chi connectivity index (χ2v) is 3.09. The summed E-state index contributed by atoms with van der Waals surface area (Å²) < 4.78 is 17.7. The average Bonchev–Trinajstić information content (AvgIpc) is 2.67. The molecule has 0 saturated carbocycles. The lowest BCUT2D eigenvalue weighted by Crippen LogP contribution is -2.25. The fourth-order valence-electron chi connectivity index (χ4n) is 1.26. The average molecular weight is 222 g/mol. The SMILES string of the molecule is CC(=O)OC1(c2ccc(F)cc2)N=NN=N1. The van der Waals surface area contributed by atoms with Gasteiger partial charge in [-0.15, -0.1) is 0 Å². The zero-order valence-electron chi connectivity index (χ0n) is 8.29. The van der Waals surface area contributed by atoms with Crippen LogP contribution in [0, 0.1) is 5.82 Å². The van der Waals surface area contributed by atoms with Crippen molar-refractivity contribution in [1.29, 1.82) is 0 Å². The smallest absolute Gasteiger partial charge is 0.367 e. The van der Waals surface area contributed by atoms with E-state index in [-0.39, 0.29) is 0 Å². The molecule has 0 spiro atoms. The number of hydrogen-bond acceptors (Lipinski definition) is 6. The highest BCUT2D eigenvalue weighted by Crippen LogP contribution is 2.33. The summed E-state index contributed by atoms with van der Waals surface area (Å²) in [5.74, 6) is -2.59. The van der Waals surface area contributed by atoms with E-state index in [0.717, 1.165) is 0 Å². The van der Waals surface area contributed by atoms with Crippen LogP contribution in [0.3, 0.4) is 0 Å². The van der Waals surface area contributed by atoms with E-state index >= 15 is 0 Å². The third-order valence-corrected chi connectivity index (χ3v) is 1.91. The third kappa shape index (κ3) is 1.79. The molecule has 0 saturated heterocycles. The molecule has 1 heterocycles. The Morgan fingerprint density at radius 3 is 2.31 bits per heavy atom. The van der Waals surface area contributed by atoms with E-state index in [4.69, 9.17) is 4.74 Å². The van der Waals surface area contributed by atoms with Crippen LogP contribution in [0.25, 0.3) is 0 Å². The summed E-state index contributed by atoms with van der Waals surface area (Å²) in [6.45, 7) is 1.22. The van der Waals surface area contributed by atoms with E-state index < -0.39 is 17.6 Å². The zero-order valence-corrected chi connectivity index (χ0v) is 8.29. The highest BCUT2D eigenvalue weighted by molar-refractivity contribution is 5.66. The maximum absolute atomic E-state index is 12.7. The van der Waals surface area contributed by atoms with Gasteiger partial charge in [-0.3, -0.25) is 4.79 Å². The monoisotopic (exact) mass is 222 g/mol. The van der Waals surface area contributed by atoms with E-state index in [9.17, 15) is 9.18 Å². The van der Waals surface area contributed by atoms with Crippen molar-refractivity contribution >= 4 is 5.97 Å². The molecular formula is C9H7FN4O2. The van der Waals surface area contributed by atoms with Gasteiger partial charge in [0.2, 0.25) is 0 Å². The Kier molecular flexibility index (Phi) is 2.43. The molecule has 0 unspecified atom stereocenters. The number of carbonyl (C=O) groups excluding carboxylic acids is 1. The molecule has 0 aromatic heterocycles. The molecule has 0 amide bonds. The molecule has 0 N–H and O–H groups in total. The Morgan fingerprint density at radius 2 is 1.81 bits per heavy atom. The van der Waals surface area contributed by atoms with E-state index in [1.165, 1.54) is 31.2 Å². The van der Waals surface area contributed by atoms with E-state index in [1.807, 2.05) is 0 Å². The summed E-state index contributed by atoms with van der Waals surface area (Å²) in [4.78, 5) is 10.9. The lowest BCUT2D eigenvalue weighted by atomic mass is 10.1. The van der Waals surface area contributed by atoms with Crippen LogP contribution in [-0.4, -0.2) is 5.97 Å². The van der Waals surface area contributed by atoms with Gasteiger partial charge >= 0.3 is 11.8 Å². The summed E-state index contributed by atoms with van der Waals surface area (Å²) >= 11 is 0. The summed E-state index contributed by atoms with van der Waals surface area (Å²) in [5, 5.41) is 13.9. The van der Waals surface area contributed by atoms with Gasteiger partial charge in [-0.05, 0) is 34.7 Å². The number of carbonyl (C=O) groups is 1. The predicted molar refractivity (Wildman–Crippen MR) is 49.6 cm³/mol. The number of ether oxygens (including phenoxy) is 1. The first-order valence-electron chi connectivity index (χ1n) is 4.42. The van der Waals surface area contributed by atoms with Crippen LogP contribution >= 0.6 is 0 Å². The molecule has 0 fully saturated rings. The molecule has 0 atom stereocenters. The van der Waals surface area contributed by atoms with E-state index in [0.29, 0.717) is 5.56 Å². The summed E-state index contributed by atoms with van der Waals surface area (Å²) in [6, 6.07) is 5.23. The standard InChI is InChI=1S/C9H7FN4O2/c1-6(15)16-9(11-13-14-12-9)7-2-4-8(10)5-3-7/h2-5H,1H3. The molecule has 1 aromatic rings. The first-order chi connectivity index (χ1) is 7.62. The topological polar surface area (TPSA) is 75.7 Å². The Labute approximate surface area is 89.8 Å². The number of nitrogens with zero attached hydrogens (tertiary/aromatic N) is 4. The zero-order chi connectivity index (χ0) is 11.6. The Hall–Kier alpha value is -2.18. The van der Waals surface area contributed by atoms with Gasteiger partial charge in [0.1, 0.15) is 5.82 Å². The van der Waals surface area contributed by atoms with Crippen molar-refractivity contribution < 1.29 is 13.9 Å². The van der Waals surface area contributed by atoms with Gasteiger partial charge in [0.05, 0.1) is 0 Å².